The number of carbonyl (C=O) groups excluding carboxylic acids is 1. The van der Waals surface area contributed by atoms with Gasteiger partial charge < -0.3 is 15.2 Å². The van der Waals surface area contributed by atoms with Crippen molar-refractivity contribution in [3.8, 4) is 5.75 Å². The maximum Gasteiger partial charge on any atom is 0.352 e. The predicted molar refractivity (Wildman–Crippen MR) is 90.1 cm³/mol. The number of hydrogen-bond donors (Lipinski definition) is 2. The average Bonchev–Trinajstić information content (AvgIpc) is 2.51. The number of nitrogens with one attached hydrogen (secondary N) is 1. The van der Waals surface area contributed by atoms with E-state index < -0.39 is 11.9 Å². The van der Waals surface area contributed by atoms with Gasteiger partial charge in [0.1, 0.15) is 11.4 Å². The summed E-state index contributed by atoms with van der Waals surface area (Å²) in [5, 5.41) is 11.3. The molecular formula is C18H25NO4. The van der Waals surface area contributed by atoms with Crippen LogP contribution in [0.1, 0.15) is 51.5 Å². The van der Waals surface area contributed by atoms with Crippen molar-refractivity contribution in [3.63, 3.8) is 0 Å². The summed E-state index contributed by atoms with van der Waals surface area (Å²) in [6.45, 7) is 4.15. The molecule has 0 atom stereocenters. The molecule has 0 aromatic heterocycles. The molecule has 2 N–H and O–H groups in total. The SMILES string of the molecule is CCCCCCCOc1ccc(/C=C(\NC(C)=O)C(=O)O)cc1. The first kappa shape index (κ1) is 18.7. The number of aliphatic carboxylic acids is 1. The lowest BCUT2D eigenvalue weighted by Crippen LogP contribution is -2.24. The zero-order valence-electron chi connectivity index (χ0n) is 13.8. The standard InChI is InChI=1S/C18H25NO4/c1-3-4-5-6-7-12-23-16-10-8-15(9-11-16)13-17(18(21)22)19-14(2)20/h8-11,13H,3-7,12H2,1-2H3,(H,19,20)(H,21,22)/b17-13-. The van der Waals surface area contributed by atoms with E-state index in [-0.39, 0.29) is 5.70 Å². The first-order chi connectivity index (χ1) is 11.0. The van der Waals surface area contributed by atoms with E-state index in [1.165, 1.54) is 38.7 Å². The fraction of sp³-hybridized carbons (Fsp3) is 0.444. The second kappa shape index (κ2) is 10.4. The summed E-state index contributed by atoms with van der Waals surface area (Å²) in [6.07, 6.45) is 7.36. The topological polar surface area (TPSA) is 75.6 Å². The molecule has 0 aliphatic heterocycles. The van der Waals surface area contributed by atoms with E-state index in [4.69, 9.17) is 9.84 Å². The van der Waals surface area contributed by atoms with Crippen LogP contribution in [-0.4, -0.2) is 23.6 Å². The molecule has 0 unspecified atom stereocenters. The molecule has 0 bridgehead atoms. The van der Waals surface area contributed by atoms with Gasteiger partial charge in [0.2, 0.25) is 5.91 Å². The fourth-order valence-corrected chi connectivity index (χ4v) is 2.06. The molecule has 0 aliphatic rings. The van der Waals surface area contributed by atoms with Crippen molar-refractivity contribution in [3.05, 3.63) is 35.5 Å². The Morgan fingerprint density at radius 1 is 1.13 bits per heavy atom. The normalized spacial score (nSPS) is 11.1. The Bertz CT molecular complexity index is 534. The van der Waals surface area contributed by atoms with Gasteiger partial charge in [0.15, 0.2) is 0 Å². The number of carbonyl (C=O) groups is 2. The lowest BCUT2D eigenvalue weighted by molar-refractivity contribution is -0.134. The van der Waals surface area contributed by atoms with Crippen molar-refractivity contribution in [2.45, 2.75) is 46.0 Å². The molecule has 1 aromatic carbocycles. The van der Waals surface area contributed by atoms with Crippen LogP contribution in [-0.2, 0) is 9.59 Å². The Balaban J connectivity index is 2.51. The molecule has 0 spiro atoms. The Hall–Kier alpha value is -2.30. The molecule has 1 rings (SSSR count). The number of rotatable bonds is 10. The maximum absolute atomic E-state index is 11.0. The van der Waals surface area contributed by atoms with Gasteiger partial charge in [0, 0.05) is 6.92 Å². The van der Waals surface area contributed by atoms with Crippen LogP contribution in [0.2, 0.25) is 0 Å². The second-order valence-electron chi connectivity index (χ2n) is 5.38. The van der Waals surface area contributed by atoms with Crippen LogP contribution in [0, 0.1) is 0 Å². The minimum absolute atomic E-state index is 0.151. The van der Waals surface area contributed by atoms with E-state index in [0.717, 1.165) is 12.2 Å². The van der Waals surface area contributed by atoms with Gasteiger partial charge in [-0.3, -0.25) is 4.79 Å². The highest BCUT2D eigenvalue weighted by Crippen LogP contribution is 2.15. The highest BCUT2D eigenvalue weighted by atomic mass is 16.5. The lowest BCUT2D eigenvalue weighted by Gasteiger charge is -2.07. The molecule has 0 fully saturated rings. The average molecular weight is 319 g/mol. The van der Waals surface area contributed by atoms with E-state index >= 15 is 0 Å². The van der Waals surface area contributed by atoms with Crippen molar-refractivity contribution in [2.24, 2.45) is 0 Å². The molecule has 1 amide bonds. The van der Waals surface area contributed by atoms with Crippen LogP contribution in [0.3, 0.4) is 0 Å². The molecule has 0 saturated carbocycles. The van der Waals surface area contributed by atoms with Gasteiger partial charge in [-0.2, -0.15) is 0 Å². The first-order valence-electron chi connectivity index (χ1n) is 7.98. The van der Waals surface area contributed by atoms with Gasteiger partial charge in [-0.25, -0.2) is 4.79 Å². The van der Waals surface area contributed by atoms with Crippen LogP contribution in [0.25, 0.3) is 6.08 Å². The van der Waals surface area contributed by atoms with Crippen molar-refractivity contribution in [1.29, 1.82) is 0 Å². The smallest absolute Gasteiger partial charge is 0.352 e. The lowest BCUT2D eigenvalue weighted by atomic mass is 10.1. The molecule has 1 aromatic rings. The van der Waals surface area contributed by atoms with Crippen LogP contribution in [0.5, 0.6) is 5.75 Å². The summed E-state index contributed by atoms with van der Waals surface area (Å²) in [6, 6.07) is 7.12. The van der Waals surface area contributed by atoms with E-state index in [1.54, 1.807) is 24.3 Å². The van der Waals surface area contributed by atoms with E-state index in [2.05, 4.69) is 12.2 Å². The number of carboxylic acid groups (broad SMARTS) is 1. The summed E-state index contributed by atoms with van der Waals surface area (Å²) >= 11 is 0. The third kappa shape index (κ3) is 8.04. The quantitative estimate of drug-likeness (QED) is 0.510. The highest BCUT2D eigenvalue weighted by molar-refractivity contribution is 5.96. The van der Waals surface area contributed by atoms with Crippen molar-refractivity contribution in [1.82, 2.24) is 5.32 Å². The van der Waals surface area contributed by atoms with Crippen LogP contribution < -0.4 is 10.1 Å². The minimum Gasteiger partial charge on any atom is -0.494 e. The van der Waals surface area contributed by atoms with Crippen molar-refractivity contribution >= 4 is 18.0 Å². The first-order valence-corrected chi connectivity index (χ1v) is 7.98. The third-order valence-corrected chi connectivity index (χ3v) is 3.25. The monoisotopic (exact) mass is 319 g/mol. The number of unbranched alkanes of at least 4 members (excludes halogenated alkanes) is 4. The Morgan fingerprint density at radius 2 is 1.78 bits per heavy atom. The molecule has 23 heavy (non-hydrogen) atoms. The van der Waals surface area contributed by atoms with Crippen LogP contribution in [0.15, 0.2) is 30.0 Å². The van der Waals surface area contributed by atoms with Gasteiger partial charge in [-0.1, -0.05) is 44.7 Å². The number of benzene rings is 1. The molecular weight excluding hydrogens is 294 g/mol. The molecule has 5 heteroatoms. The molecule has 126 valence electrons. The van der Waals surface area contributed by atoms with E-state index in [0.29, 0.717) is 12.2 Å². The van der Waals surface area contributed by atoms with Gasteiger partial charge in [-0.15, -0.1) is 0 Å². The number of hydrogen-bond acceptors (Lipinski definition) is 3. The molecule has 0 saturated heterocycles. The summed E-state index contributed by atoms with van der Waals surface area (Å²) in [7, 11) is 0. The summed E-state index contributed by atoms with van der Waals surface area (Å²) in [5.41, 5.74) is 0.536. The van der Waals surface area contributed by atoms with Crippen molar-refractivity contribution in [2.75, 3.05) is 6.61 Å². The van der Waals surface area contributed by atoms with E-state index in [9.17, 15) is 9.59 Å². The van der Waals surface area contributed by atoms with E-state index in [1.807, 2.05) is 0 Å². The largest absolute Gasteiger partial charge is 0.494 e. The highest BCUT2D eigenvalue weighted by Gasteiger charge is 2.08. The third-order valence-electron chi connectivity index (χ3n) is 3.25. The molecule has 5 nitrogen and oxygen atoms in total. The fourth-order valence-electron chi connectivity index (χ4n) is 2.06. The second-order valence-corrected chi connectivity index (χ2v) is 5.38. The molecule has 0 heterocycles. The summed E-state index contributed by atoms with van der Waals surface area (Å²) in [4.78, 5) is 22.0. The Morgan fingerprint density at radius 3 is 2.35 bits per heavy atom. The number of carboxylic acids is 1. The molecule has 0 radical (unpaired) electrons. The predicted octanol–water partition coefficient (Wildman–Crippen LogP) is 3.60. The van der Waals surface area contributed by atoms with Gasteiger partial charge in [0.05, 0.1) is 6.61 Å². The van der Waals surface area contributed by atoms with Gasteiger partial charge >= 0.3 is 5.97 Å². The summed E-state index contributed by atoms with van der Waals surface area (Å²) in [5.74, 6) is -0.830. The number of amides is 1. The number of ether oxygens (including phenoxy) is 1. The maximum atomic E-state index is 11.0. The van der Waals surface area contributed by atoms with Gasteiger partial charge in [0.25, 0.3) is 0 Å². The van der Waals surface area contributed by atoms with Crippen LogP contribution >= 0.6 is 0 Å². The zero-order chi connectivity index (χ0) is 17.1. The van der Waals surface area contributed by atoms with Crippen LogP contribution in [0.4, 0.5) is 0 Å². The Labute approximate surface area is 137 Å². The Kier molecular flexibility index (Phi) is 8.50. The van der Waals surface area contributed by atoms with Gasteiger partial charge in [-0.05, 0) is 30.2 Å². The zero-order valence-corrected chi connectivity index (χ0v) is 13.8. The minimum atomic E-state index is -1.17. The molecule has 0 aliphatic carbocycles. The summed E-state index contributed by atoms with van der Waals surface area (Å²) < 4.78 is 5.65. The van der Waals surface area contributed by atoms with Crippen molar-refractivity contribution < 1.29 is 19.4 Å².